The number of anilines is 2. The van der Waals surface area contributed by atoms with Crippen LogP contribution in [-0.2, 0) is 0 Å². The molecule has 0 aliphatic carbocycles. The van der Waals surface area contributed by atoms with E-state index in [2.05, 4.69) is 39.5 Å². The van der Waals surface area contributed by atoms with Gasteiger partial charge in [-0.25, -0.2) is 4.79 Å². The Morgan fingerprint density at radius 2 is 1.76 bits per heavy atom. The van der Waals surface area contributed by atoms with Gasteiger partial charge in [-0.05, 0) is 42.8 Å². The Balaban J connectivity index is 1.36. The molecule has 148 valence electrons. The first-order valence-electron chi connectivity index (χ1n) is 9.56. The van der Waals surface area contributed by atoms with Gasteiger partial charge < -0.3 is 15.1 Å². The average Bonchev–Trinajstić information content (AvgIpc) is 2.74. The number of nitrogens with zero attached hydrogens (tertiary/aromatic N) is 4. The van der Waals surface area contributed by atoms with E-state index in [-0.39, 0.29) is 6.03 Å². The van der Waals surface area contributed by atoms with E-state index in [1.165, 1.54) is 5.56 Å². The van der Waals surface area contributed by atoms with Crippen molar-refractivity contribution in [3.05, 3.63) is 71.2 Å². The molecule has 1 fully saturated rings. The second-order valence-electron chi connectivity index (χ2n) is 7.01. The van der Waals surface area contributed by atoms with Gasteiger partial charge in [-0.3, -0.25) is 0 Å². The molecule has 1 N–H and O–H groups in total. The highest BCUT2D eigenvalue weighted by atomic mass is 35.5. The van der Waals surface area contributed by atoms with E-state index in [0.717, 1.165) is 17.1 Å². The first kappa shape index (κ1) is 19.2. The highest BCUT2D eigenvalue weighted by Gasteiger charge is 2.22. The maximum Gasteiger partial charge on any atom is 0.321 e. The lowest BCUT2D eigenvalue weighted by Crippen LogP contribution is -2.50. The Kier molecular flexibility index (Phi) is 5.62. The van der Waals surface area contributed by atoms with Gasteiger partial charge in [0.25, 0.3) is 0 Å². The molecule has 2 heterocycles. The van der Waals surface area contributed by atoms with Crippen LogP contribution in [0.1, 0.15) is 5.56 Å². The van der Waals surface area contributed by atoms with E-state index in [1.54, 1.807) is 17.0 Å². The highest BCUT2D eigenvalue weighted by molar-refractivity contribution is 6.30. The molecule has 4 rings (SSSR count). The predicted octanol–water partition coefficient (Wildman–Crippen LogP) is 4.46. The minimum atomic E-state index is -0.118. The normalized spacial score (nSPS) is 14.0. The number of hydrogen-bond donors (Lipinski definition) is 1. The lowest BCUT2D eigenvalue weighted by atomic mass is 10.1. The third kappa shape index (κ3) is 4.49. The Hall–Kier alpha value is -3.12. The van der Waals surface area contributed by atoms with Crippen molar-refractivity contribution in [3.8, 4) is 11.3 Å². The number of halogens is 1. The van der Waals surface area contributed by atoms with Crippen molar-refractivity contribution in [3.63, 3.8) is 0 Å². The van der Waals surface area contributed by atoms with Gasteiger partial charge in [-0.1, -0.05) is 41.9 Å². The van der Waals surface area contributed by atoms with Gasteiger partial charge >= 0.3 is 6.03 Å². The zero-order chi connectivity index (χ0) is 20.2. The van der Waals surface area contributed by atoms with Crippen molar-refractivity contribution in [1.29, 1.82) is 0 Å². The zero-order valence-electron chi connectivity index (χ0n) is 16.2. The molecular formula is C22H22ClN5O. The molecule has 1 aliphatic heterocycles. The number of nitrogens with one attached hydrogen (secondary N) is 1. The van der Waals surface area contributed by atoms with Crippen molar-refractivity contribution in [1.82, 2.24) is 15.1 Å². The van der Waals surface area contributed by atoms with Crippen LogP contribution >= 0.6 is 11.6 Å². The fourth-order valence-electron chi connectivity index (χ4n) is 3.41. The van der Waals surface area contributed by atoms with Crippen LogP contribution in [-0.4, -0.2) is 47.3 Å². The summed E-state index contributed by atoms with van der Waals surface area (Å²) in [6.45, 7) is 4.72. The zero-order valence-corrected chi connectivity index (χ0v) is 16.9. The summed E-state index contributed by atoms with van der Waals surface area (Å²) in [5.74, 6) is 0.831. The predicted molar refractivity (Wildman–Crippen MR) is 116 cm³/mol. The molecule has 0 radical (unpaired) electrons. The van der Waals surface area contributed by atoms with Crippen molar-refractivity contribution in [2.45, 2.75) is 6.92 Å². The van der Waals surface area contributed by atoms with Crippen LogP contribution in [0.3, 0.4) is 0 Å². The maximum absolute atomic E-state index is 12.5. The molecule has 0 unspecified atom stereocenters. The van der Waals surface area contributed by atoms with Crippen molar-refractivity contribution < 1.29 is 4.79 Å². The fourth-order valence-corrected chi connectivity index (χ4v) is 3.60. The molecule has 1 aliphatic rings. The van der Waals surface area contributed by atoms with Crippen LogP contribution in [0.5, 0.6) is 0 Å². The highest BCUT2D eigenvalue weighted by Crippen LogP contribution is 2.22. The van der Waals surface area contributed by atoms with Gasteiger partial charge in [0.15, 0.2) is 5.82 Å². The first-order valence-corrected chi connectivity index (χ1v) is 9.94. The third-order valence-corrected chi connectivity index (χ3v) is 5.27. The number of piperazine rings is 1. The van der Waals surface area contributed by atoms with Gasteiger partial charge in [0.05, 0.1) is 5.69 Å². The van der Waals surface area contributed by atoms with Crippen LogP contribution in [0, 0.1) is 6.92 Å². The molecule has 2 aromatic carbocycles. The summed E-state index contributed by atoms with van der Waals surface area (Å²) in [6, 6.07) is 19.2. The molecule has 0 spiro atoms. The van der Waals surface area contributed by atoms with E-state index in [0.29, 0.717) is 36.9 Å². The van der Waals surface area contributed by atoms with Crippen molar-refractivity contribution in [2.24, 2.45) is 0 Å². The molecule has 7 heteroatoms. The average molecular weight is 408 g/mol. The largest absolute Gasteiger partial charge is 0.352 e. The number of amides is 2. The van der Waals surface area contributed by atoms with Gasteiger partial charge in [0.1, 0.15) is 0 Å². The molecular weight excluding hydrogens is 386 g/mol. The summed E-state index contributed by atoms with van der Waals surface area (Å²) in [7, 11) is 0. The van der Waals surface area contributed by atoms with E-state index in [1.807, 2.05) is 36.4 Å². The summed E-state index contributed by atoms with van der Waals surface area (Å²) in [5.41, 5.74) is 3.83. The van der Waals surface area contributed by atoms with Crippen LogP contribution in [0.2, 0.25) is 5.02 Å². The third-order valence-electron chi connectivity index (χ3n) is 5.04. The van der Waals surface area contributed by atoms with Gasteiger partial charge in [0.2, 0.25) is 0 Å². The lowest BCUT2D eigenvalue weighted by molar-refractivity contribution is 0.208. The van der Waals surface area contributed by atoms with E-state index in [9.17, 15) is 4.79 Å². The van der Waals surface area contributed by atoms with Gasteiger partial charge in [-0.15, -0.1) is 10.2 Å². The molecule has 0 saturated carbocycles. The number of benzene rings is 2. The van der Waals surface area contributed by atoms with E-state index < -0.39 is 0 Å². The Labute approximate surface area is 175 Å². The molecule has 1 saturated heterocycles. The monoisotopic (exact) mass is 407 g/mol. The maximum atomic E-state index is 12.5. The summed E-state index contributed by atoms with van der Waals surface area (Å²) in [4.78, 5) is 16.4. The topological polar surface area (TPSA) is 61.4 Å². The van der Waals surface area contributed by atoms with Crippen molar-refractivity contribution >= 4 is 29.1 Å². The number of aryl methyl sites for hydroxylation is 1. The minimum Gasteiger partial charge on any atom is -0.352 e. The van der Waals surface area contributed by atoms with E-state index in [4.69, 9.17) is 11.6 Å². The summed E-state index contributed by atoms with van der Waals surface area (Å²) in [5, 5.41) is 12.3. The first-order chi connectivity index (χ1) is 14.1. The number of hydrogen-bond acceptors (Lipinski definition) is 4. The molecule has 2 amide bonds. The fraction of sp³-hybridized carbons (Fsp3) is 0.227. The smallest absolute Gasteiger partial charge is 0.321 e. The lowest BCUT2D eigenvalue weighted by Gasteiger charge is -2.35. The quantitative estimate of drug-likeness (QED) is 0.696. The second-order valence-corrected chi connectivity index (χ2v) is 7.44. The van der Waals surface area contributed by atoms with E-state index >= 15 is 0 Å². The number of carbonyl (C=O) groups is 1. The summed E-state index contributed by atoms with van der Waals surface area (Å²) >= 11 is 5.98. The molecule has 6 nitrogen and oxygen atoms in total. The van der Waals surface area contributed by atoms with Crippen LogP contribution in [0.15, 0.2) is 60.7 Å². The van der Waals surface area contributed by atoms with Gasteiger partial charge in [0, 0.05) is 42.5 Å². The minimum absolute atomic E-state index is 0.118. The Morgan fingerprint density at radius 3 is 2.45 bits per heavy atom. The van der Waals surface area contributed by atoms with Crippen LogP contribution < -0.4 is 10.2 Å². The molecule has 1 aromatic heterocycles. The molecule has 3 aromatic rings. The van der Waals surface area contributed by atoms with Gasteiger partial charge in [-0.2, -0.15) is 0 Å². The van der Waals surface area contributed by atoms with Crippen LogP contribution in [0.25, 0.3) is 11.3 Å². The summed E-state index contributed by atoms with van der Waals surface area (Å²) in [6.07, 6.45) is 0. The number of carbonyl (C=O) groups excluding carboxylic acids is 1. The summed E-state index contributed by atoms with van der Waals surface area (Å²) < 4.78 is 0. The second kappa shape index (κ2) is 8.49. The Bertz CT molecular complexity index is 1000. The molecule has 29 heavy (non-hydrogen) atoms. The number of urea groups is 1. The number of rotatable bonds is 3. The molecule has 0 bridgehead atoms. The molecule has 0 atom stereocenters. The van der Waals surface area contributed by atoms with Crippen LogP contribution in [0.4, 0.5) is 16.3 Å². The number of aromatic nitrogens is 2. The SMILES string of the molecule is Cc1ccccc1-c1ccc(N2CCN(C(=O)Nc3cccc(Cl)c3)CC2)nn1. The Morgan fingerprint density at radius 1 is 0.966 bits per heavy atom. The standard InChI is InChI=1S/C22H22ClN5O/c1-16-5-2-3-8-19(16)20-9-10-21(26-25-20)27-11-13-28(14-12-27)22(29)24-18-7-4-6-17(23)15-18/h2-10,15H,11-14H2,1H3,(H,24,29). The van der Waals surface area contributed by atoms with Crippen molar-refractivity contribution in [2.75, 3.05) is 36.4 Å².